The molecule has 4 aliphatic rings. The number of aromatic amines is 4. The van der Waals surface area contributed by atoms with Gasteiger partial charge in [0.15, 0.2) is 0 Å². The molecule has 0 saturated carbocycles. The predicted molar refractivity (Wildman–Crippen MR) is 358 cm³/mol. The Labute approximate surface area is 598 Å². The van der Waals surface area contributed by atoms with E-state index in [4.69, 9.17) is 9.97 Å². The Morgan fingerprint density at radius 3 is 0.600 bits per heavy atom. The van der Waals surface area contributed by atoms with Crippen molar-refractivity contribution in [2.45, 2.75) is 71.6 Å². The second kappa shape index (κ2) is 25.4. The molecule has 4 N–H and O–H groups in total. The zero-order valence-corrected chi connectivity index (χ0v) is 54.4. The molecule has 14 rings (SSSR count). The smallest absolute Gasteiger partial charge is 0.354 e. The summed E-state index contributed by atoms with van der Waals surface area (Å²) in [7, 11) is 0. The van der Waals surface area contributed by atoms with E-state index < -0.39 is 128 Å². The minimum absolute atomic E-state index is 0.0184. The molecule has 6 aromatic heterocycles. The molecule has 34 heteroatoms. The molecule has 0 radical (unpaired) electrons. The lowest BCUT2D eigenvalue weighted by atomic mass is 9.90. The molecule has 0 unspecified atom stereocenters. The molecule has 0 saturated heterocycles. The Hall–Kier alpha value is -11.7. The number of aromatic nitrogens is 8. The minimum atomic E-state index is -8.28. The Morgan fingerprint density at radius 2 is 0.364 bits per heavy atom. The van der Waals surface area contributed by atoms with Crippen LogP contribution in [0.3, 0.4) is 0 Å². The highest BCUT2D eigenvalue weighted by Crippen LogP contribution is 2.65. The van der Waals surface area contributed by atoms with Gasteiger partial charge in [0, 0.05) is 66.5 Å². The zero-order valence-electron chi connectivity index (χ0n) is 54.4. The summed E-state index contributed by atoms with van der Waals surface area (Å²) >= 11 is 0. The van der Waals surface area contributed by atoms with E-state index in [1.807, 2.05) is 0 Å². The quantitative estimate of drug-likeness (QED) is 0.0766. The van der Waals surface area contributed by atoms with E-state index in [9.17, 15) is 43.9 Å². The maximum Gasteiger partial charge on any atom is 0.460 e. The van der Waals surface area contributed by atoms with Crippen LogP contribution in [-0.2, 0) is 11.8 Å². The van der Waals surface area contributed by atoms with Crippen LogP contribution in [0.2, 0.25) is 0 Å². The van der Waals surface area contributed by atoms with Gasteiger partial charge in [-0.05, 0) is 119 Å². The van der Waals surface area contributed by atoms with Gasteiger partial charge in [-0.15, -0.1) is 0 Å². The fourth-order valence-electron chi connectivity index (χ4n) is 13.1. The van der Waals surface area contributed by atoms with Crippen molar-refractivity contribution in [2.75, 3.05) is 0 Å². The molecule has 10 aromatic rings. The molecule has 10 heterocycles. The zero-order chi connectivity index (χ0) is 79.3. The number of hydrogen-bond acceptors (Lipinski definition) is 4. The van der Waals surface area contributed by atoms with Crippen LogP contribution >= 0.6 is 0 Å². The summed E-state index contributed by atoms with van der Waals surface area (Å²) in [5.41, 5.74) is -13.2. The highest BCUT2D eigenvalue weighted by molar-refractivity contribution is 6.05. The van der Waals surface area contributed by atoms with Gasteiger partial charge in [0.05, 0.1) is 67.7 Å². The highest BCUT2D eigenvalue weighted by Gasteiger charge is 2.92. The summed E-state index contributed by atoms with van der Waals surface area (Å²) in [6.45, 7) is 0. The van der Waals surface area contributed by atoms with E-state index in [1.165, 1.54) is 170 Å². The fraction of sp³-hybridized carbons (Fsp3) is 0.158. The first-order chi connectivity index (χ1) is 51.4. The average Bonchev–Trinajstić information content (AvgIpc) is 1.18. The number of H-pyrrole nitrogens is 4. The van der Waals surface area contributed by atoms with E-state index in [-0.39, 0.29) is 100 Å². The van der Waals surface area contributed by atoms with Gasteiger partial charge in [-0.1, -0.05) is 121 Å². The normalized spacial score (nSPS) is 14.3. The molecule has 0 amide bonds. The first-order valence-electron chi connectivity index (χ1n) is 31.9. The van der Waals surface area contributed by atoms with Crippen molar-refractivity contribution in [3.05, 3.63) is 227 Å². The molecule has 110 heavy (non-hydrogen) atoms. The number of hydrogen-bond donors (Lipinski definition) is 4. The molecular weight excluding hydrogens is 1520 g/mol. The van der Waals surface area contributed by atoms with Crippen LogP contribution in [0.1, 0.15) is 56.7 Å². The van der Waals surface area contributed by atoms with Gasteiger partial charge >= 0.3 is 71.6 Å². The third-order valence-corrected chi connectivity index (χ3v) is 18.5. The SMILES string of the molecule is FC(F)(F)C(F)(F)C(F)(F)C(F)(F)C(F)(F)C(F)(F)c1c2nc(c(-c3ccccc3)c3ccc([nH]3)c(-c3c4nc(c(-c5ccccc5)c5ccc([nH]5)c(C(F)(F)C(F)(F)C(F)(F)C(F)(F)C(F)(F)C(F)(F)F)c5nc(c(-c6ccccc6)c6ccc3[nH]6)C=C5)C=C4)c3nc(c(-c4ccccc4)c4ccc1[nH]4)C=C3)C=C2. The molecule has 4 aromatic carbocycles. The molecule has 0 atom stereocenters. The Bertz CT molecular complexity index is 5420. The summed E-state index contributed by atoms with van der Waals surface area (Å²) in [4.78, 5) is 29.7. The lowest BCUT2D eigenvalue weighted by molar-refractivity contribution is -0.441. The van der Waals surface area contributed by atoms with Crippen LogP contribution in [0.4, 0.5) is 114 Å². The maximum atomic E-state index is 17.3. The summed E-state index contributed by atoms with van der Waals surface area (Å²) < 4.78 is 396. The van der Waals surface area contributed by atoms with Gasteiger partial charge in [0.1, 0.15) is 0 Å². The molecule has 566 valence electrons. The van der Waals surface area contributed by atoms with Crippen LogP contribution < -0.4 is 0 Å². The van der Waals surface area contributed by atoms with Crippen LogP contribution in [0, 0.1) is 0 Å². The topological polar surface area (TPSA) is 115 Å². The lowest BCUT2D eigenvalue weighted by Crippen LogP contribution is -2.69. The van der Waals surface area contributed by atoms with Gasteiger partial charge < -0.3 is 19.9 Å². The van der Waals surface area contributed by atoms with Crippen molar-refractivity contribution in [1.29, 1.82) is 0 Å². The maximum absolute atomic E-state index is 17.3. The number of alkyl halides is 26. The van der Waals surface area contributed by atoms with Crippen molar-refractivity contribution < 1.29 is 114 Å². The molecular formula is C76H40F26N8. The van der Waals surface area contributed by atoms with Gasteiger partial charge in [-0.2, -0.15) is 114 Å². The van der Waals surface area contributed by atoms with Crippen LogP contribution in [0.25, 0.3) is 148 Å². The van der Waals surface area contributed by atoms with E-state index in [2.05, 4.69) is 29.9 Å². The molecule has 0 fully saturated rings. The van der Waals surface area contributed by atoms with E-state index in [1.54, 1.807) is 0 Å². The Kier molecular flexibility index (Phi) is 17.4. The van der Waals surface area contributed by atoms with E-state index in [0.29, 0.717) is 24.3 Å². The van der Waals surface area contributed by atoms with Gasteiger partial charge in [0.25, 0.3) is 0 Å². The largest absolute Gasteiger partial charge is 0.460 e. The molecule has 0 spiro atoms. The number of nitrogens with zero attached hydrogens (tertiary/aromatic N) is 4. The fourth-order valence-corrected chi connectivity index (χ4v) is 13.1. The average molecular weight is 1560 g/mol. The first kappa shape index (κ1) is 75.1. The van der Waals surface area contributed by atoms with Crippen molar-refractivity contribution in [3.63, 3.8) is 0 Å². The minimum Gasteiger partial charge on any atom is -0.354 e. The van der Waals surface area contributed by atoms with Crippen LogP contribution in [0.15, 0.2) is 170 Å². The molecule has 16 bridgehead atoms. The van der Waals surface area contributed by atoms with Gasteiger partial charge in [-0.3, -0.25) is 0 Å². The molecule has 8 nitrogen and oxygen atoms in total. The molecule has 4 aliphatic heterocycles. The number of rotatable bonds is 15. The van der Waals surface area contributed by atoms with Crippen molar-refractivity contribution in [1.82, 2.24) is 39.9 Å². The van der Waals surface area contributed by atoms with Gasteiger partial charge in [-0.25, -0.2) is 19.9 Å². The standard InChI is InChI=1S/C76H40F26N8/c77-65(78,67(81,82)69(85,86)71(89,90)73(93,94)75(97,98)99)63-53-33-29-45(107-53)57(37-13-5-1-6-14-37)41-21-25-49(103-41)61(50-26-22-42(104-50)58(38-15-7-2-8-16-38)46-30-34-54(63)108-46)62-51-27-23-43(105-51)59(39-17-9-3-10-18-39)47-31-35-55(109-47)64(66(79,80)68(83,84)70(87,88)72(91,92)74(95,96)76(100,101)102)56-36-32-48(110-56)60(40-19-11-4-12-20-40)44-24-28-52(62)106-44/h1-36,103,105,108,110H. The summed E-state index contributed by atoms with van der Waals surface area (Å²) in [6.07, 6.45) is -7.17. The van der Waals surface area contributed by atoms with E-state index in [0.717, 1.165) is 24.3 Å². The van der Waals surface area contributed by atoms with Crippen molar-refractivity contribution in [2.24, 2.45) is 0 Å². The van der Waals surface area contributed by atoms with E-state index >= 15 is 70.2 Å². The Balaban J connectivity index is 1.12. The van der Waals surface area contributed by atoms with Crippen LogP contribution in [0.5, 0.6) is 0 Å². The first-order valence-corrected chi connectivity index (χ1v) is 31.9. The number of nitrogens with one attached hydrogen (secondary N) is 4. The van der Waals surface area contributed by atoms with Gasteiger partial charge in [0.2, 0.25) is 0 Å². The number of halogens is 26. The third-order valence-electron chi connectivity index (χ3n) is 18.5. The molecule has 0 aliphatic carbocycles. The predicted octanol–water partition coefficient (Wildman–Crippen LogP) is 24.4. The summed E-state index contributed by atoms with van der Waals surface area (Å²) in [5.74, 6) is -78.7. The second-order valence-corrected chi connectivity index (χ2v) is 25.2. The third kappa shape index (κ3) is 11.3. The monoisotopic (exact) mass is 1560 g/mol. The number of benzene rings is 4. The summed E-state index contributed by atoms with van der Waals surface area (Å²) in [6, 6.07) is 37.3. The summed E-state index contributed by atoms with van der Waals surface area (Å²) in [5, 5.41) is 0. The van der Waals surface area contributed by atoms with Crippen molar-refractivity contribution in [3.8, 4) is 55.6 Å². The highest BCUT2D eigenvalue weighted by atomic mass is 19.4. The number of fused-ring (bicyclic) bond motifs is 16. The Morgan fingerprint density at radius 1 is 0.182 bits per heavy atom. The second-order valence-electron chi connectivity index (χ2n) is 25.2. The van der Waals surface area contributed by atoms with Crippen molar-refractivity contribution >= 4 is 92.7 Å². The lowest BCUT2D eigenvalue weighted by Gasteiger charge is -2.39. The van der Waals surface area contributed by atoms with Crippen LogP contribution in [-0.4, -0.2) is 99.6 Å².